The number of aromatic nitrogens is 1. The molecule has 1 aliphatic carbocycles. The fourth-order valence-electron chi connectivity index (χ4n) is 4.32. The number of rotatable bonds is 5. The Kier molecular flexibility index (Phi) is 6.08. The fourth-order valence-corrected chi connectivity index (χ4v) is 4.63. The van der Waals surface area contributed by atoms with Gasteiger partial charge in [0.2, 0.25) is 0 Å². The van der Waals surface area contributed by atoms with Gasteiger partial charge in [-0.25, -0.2) is 4.39 Å². The van der Waals surface area contributed by atoms with Crippen LogP contribution >= 0.6 is 11.6 Å². The van der Waals surface area contributed by atoms with Gasteiger partial charge in [-0.2, -0.15) is 0 Å². The lowest BCUT2D eigenvalue weighted by Crippen LogP contribution is -2.48. The number of hydrogen-bond acceptors (Lipinski definition) is 3. The average molecular weight is 439 g/mol. The molecule has 160 valence electrons. The highest BCUT2D eigenvalue weighted by Crippen LogP contribution is 2.42. The van der Waals surface area contributed by atoms with Crippen LogP contribution < -0.4 is 5.32 Å². The molecule has 0 saturated heterocycles. The van der Waals surface area contributed by atoms with Crippen LogP contribution in [0.4, 0.5) is 4.39 Å². The van der Waals surface area contributed by atoms with E-state index in [1.54, 1.807) is 24.4 Å². The average Bonchev–Trinajstić information content (AvgIpc) is 2.79. The maximum atomic E-state index is 13.8. The number of carbonyl (C=O) groups is 1. The highest BCUT2D eigenvalue weighted by atomic mass is 35.5. The molecule has 1 heterocycles. The zero-order chi connectivity index (χ0) is 22.0. The number of fused-ring (bicyclic) bond motifs is 1. The van der Waals surface area contributed by atoms with E-state index in [2.05, 4.69) is 16.9 Å². The van der Waals surface area contributed by atoms with Gasteiger partial charge >= 0.3 is 0 Å². The molecule has 0 aliphatic heterocycles. The minimum absolute atomic E-state index is 0.219. The van der Waals surface area contributed by atoms with Gasteiger partial charge < -0.3 is 10.4 Å². The van der Waals surface area contributed by atoms with Gasteiger partial charge in [-0.3, -0.25) is 9.78 Å². The third-order valence-corrected chi connectivity index (χ3v) is 6.51. The summed E-state index contributed by atoms with van der Waals surface area (Å²) in [6.07, 6.45) is 3.15. The van der Waals surface area contributed by atoms with Gasteiger partial charge in [0.1, 0.15) is 11.9 Å². The Labute approximate surface area is 185 Å². The van der Waals surface area contributed by atoms with Gasteiger partial charge in [0, 0.05) is 11.6 Å². The highest BCUT2D eigenvalue weighted by molar-refractivity contribution is 6.33. The molecule has 4 rings (SSSR count). The first-order valence-electron chi connectivity index (χ1n) is 10.3. The number of aliphatic hydroxyl groups is 1. The standard InChI is InChI=1S/C25H24ClFN2O2/c1-2-16-7-5-9-20(21(16)26)23(25(31)13-10-18(27)11-14-25)29-24(30)22-19-8-4-3-6-17(19)12-15-28-22/h2-9,12,15,18,23,31H,1,10-11,13-14H2,(H,29,30). The Morgan fingerprint density at radius 1 is 1.23 bits per heavy atom. The fraction of sp³-hybridized carbons (Fsp3) is 0.280. The van der Waals surface area contributed by atoms with Crippen molar-refractivity contribution in [2.75, 3.05) is 0 Å². The molecule has 4 nitrogen and oxygen atoms in total. The van der Waals surface area contributed by atoms with Crippen molar-refractivity contribution < 1.29 is 14.3 Å². The van der Waals surface area contributed by atoms with E-state index in [0.717, 1.165) is 5.39 Å². The van der Waals surface area contributed by atoms with Gasteiger partial charge in [0.15, 0.2) is 0 Å². The zero-order valence-electron chi connectivity index (χ0n) is 17.0. The van der Waals surface area contributed by atoms with Gasteiger partial charge in [0.05, 0.1) is 16.7 Å². The van der Waals surface area contributed by atoms with Crippen molar-refractivity contribution in [3.63, 3.8) is 0 Å². The molecule has 0 bridgehead atoms. The van der Waals surface area contributed by atoms with Crippen molar-refractivity contribution in [2.24, 2.45) is 0 Å². The summed E-state index contributed by atoms with van der Waals surface area (Å²) in [5.41, 5.74) is 0.213. The normalized spacial score (nSPS) is 22.1. The molecule has 1 atom stereocenters. The molecule has 6 heteroatoms. The minimum atomic E-state index is -1.33. The van der Waals surface area contributed by atoms with Crippen molar-refractivity contribution in [3.05, 3.63) is 83.2 Å². The third-order valence-electron chi connectivity index (χ3n) is 6.07. The number of benzene rings is 2. The molecule has 1 aromatic heterocycles. The van der Waals surface area contributed by atoms with Crippen LogP contribution in [0.15, 0.2) is 61.3 Å². The van der Waals surface area contributed by atoms with E-state index in [1.807, 2.05) is 36.4 Å². The Bertz CT molecular complexity index is 1120. The second-order valence-electron chi connectivity index (χ2n) is 8.02. The molecule has 2 aromatic carbocycles. The van der Waals surface area contributed by atoms with E-state index in [1.165, 1.54) is 0 Å². The SMILES string of the molecule is C=Cc1cccc(C(NC(=O)c2nccc3ccccc23)C2(O)CCC(F)CC2)c1Cl. The van der Waals surface area contributed by atoms with Gasteiger partial charge in [-0.15, -0.1) is 0 Å². The van der Waals surface area contributed by atoms with Crippen LogP contribution in [0.2, 0.25) is 5.02 Å². The Balaban J connectivity index is 1.76. The van der Waals surface area contributed by atoms with E-state index in [9.17, 15) is 14.3 Å². The molecule has 1 saturated carbocycles. The first-order chi connectivity index (χ1) is 14.9. The number of alkyl halides is 1. The molecule has 1 aliphatic rings. The van der Waals surface area contributed by atoms with E-state index >= 15 is 0 Å². The topological polar surface area (TPSA) is 62.2 Å². The van der Waals surface area contributed by atoms with Crippen LogP contribution in [-0.2, 0) is 0 Å². The van der Waals surface area contributed by atoms with E-state index in [0.29, 0.717) is 21.5 Å². The lowest BCUT2D eigenvalue weighted by molar-refractivity contribution is -0.0445. The minimum Gasteiger partial charge on any atom is -0.387 e. The van der Waals surface area contributed by atoms with Crippen LogP contribution in [0.3, 0.4) is 0 Å². The first-order valence-corrected chi connectivity index (χ1v) is 10.7. The Hall–Kier alpha value is -2.76. The van der Waals surface area contributed by atoms with Crippen molar-refractivity contribution in [3.8, 4) is 0 Å². The highest BCUT2D eigenvalue weighted by Gasteiger charge is 2.43. The lowest BCUT2D eigenvalue weighted by atomic mass is 9.76. The van der Waals surface area contributed by atoms with Gasteiger partial charge in [-0.05, 0) is 48.3 Å². The molecule has 0 radical (unpaired) electrons. The van der Waals surface area contributed by atoms with Crippen molar-refractivity contribution >= 4 is 34.4 Å². The monoisotopic (exact) mass is 438 g/mol. The number of nitrogens with one attached hydrogen (secondary N) is 1. The summed E-state index contributed by atoms with van der Waals surface area (Å²) in [5, 5.41) is 16.5. The predicted molar refractivity (Wildman–Crippen MR) is 122 cm³/mol. The van der Waals surface area contributed by atoms with Crippen LogP contribution in [-0.4, -0.2) is 27.8 Å². The molecule has 0 spiro atoms. The van der Waals surface area contributed by atoms with Gasteiger partial charge in [-0.1, -0.05) is 66.7 Å². The first kappa shape index (κ1) is 21.5. The second-order valence-corrected chi connectivity index (χ2v) is 8.40. The number of amides is 1. The lowest BCUT2D eigenvalue weighted by Gasteiger charge is -2.41. The summed E-state index contributed by atoms with van der Waals surface area (Å²) in [6.45, 7) is 3.78. The molecule has 3 aromatic rings. The zero-order valence-corrected chi connectivity index (χ0v) is 17.8. The van der Waals surface area contributed by atoms with E-state index < -0.39 is 23.7 Å². The smallest absolute Gasteiger partial charge is 0.271 e. The maximum absolute atomic E-state index is 13.8. The molecule has 1 fully saturated rings. The van der Waals surface area contributed by atoms with Crippen LogP contribution in [0, 0.1) is 0 Å². The van der Waals surface area contributed by atoms with Crippen LogP contribution in [0.5, 0.6) is 0 Å². The van der Waals surface area contributed by atoms with E-state index in [4.69, 9.17) is 11.6 Å². The predicted octanol–water partition coefficient (Wildman–Crippen LogP) is 5.65. The van der Waals surface area contributed by atoms with Crippen LogP contribution in [0.1, 0.15) is 53.3 Å². The largest absolute Gasteiger partial charge is 0.387 e. The Morgan fingerprint density at radius 2 is 1.97 bits per heavy atom. The molecule has 1 unspecified atom stereocenters. The van der Waals surface area contributed by atoms with Crippen LogP contribution in [0.25, 0.3) is 16.8 Å². The maximum Gasteiger partial charge on any atom is 0.271 e. The van der Waals surface area contributed by atoms with Gasteiger partial charge in [0.25, 0.3) is 5.91 Å². The molecule has 1 amide bonds. The summed E-state index contributed by atoms with van der Waals surface area (Å²) in [7, 11) is 0. The molecular weight excluding hydrogens is 415 g/mol. The molecule has 2 N–H and O–H groups in total. The number of carbonyl (C=O) groups excluding carboxylic acids is 1. The number of halogens is 2. The van der Waals surface area contributed by atoms with Crippen molar-refractivity contribution in [2.45, 2.75) is 43.5 Å². The Morgan fingerprint density at radius 3 is 2.71 bits per heavy atom. The number of pyridine rings is 1. The summed E-state index contributed by atoms with van der Waals surface area (Å²) >= 11 is 6.61. The summed E-state index contributed by atoms with van der Waals surface area (Å²) < 4.78 is 13.8. The summed E-state index contributed by atoms with van der Waals surface area (Å²) in [6, 6.07) is 13.9. The summed E-state index contributed by atoms with van der Waals surface area (Å²) in [5.74, 6) is -0.419. The molecular formula is C25H24ClFN2O2. The third kappa shape index (κ3) is 4.21. The summed E-state index contributed by atoms with van der Waals surface area (Å²) in [4.78, 5) is 17.6. The molecule has 31 heavy (non-hydrogen) atoms. The second kappa shape index (κ2) is 8.77. The number of hydrogen-bond donors (Lipinski definition) is 2. The van der Waals surface area contributed by atoms with Crippen molar-refractivity contribution in [1.29, 1.82) is 0 Å². The van der Waals surface area contributed by atoms with Crippen molar-refractivity contribution in [1.82, 2.24) is 10.3 Å². The number of nitrogens with zero attached hydrogens (tertiary/aromatic N) is 1. The van der Waals surface area contributed by atoms with E-state index in [-0.39, 0.29) is 31.4 Å². The quantitative estimate of drug-likeness (QED) is 0.541.